The van der Waals surface area contributed by atoms with Gasteiger partial charge in [-0.3, -0.25) is 18.9 Å². The molecule has 2 aromatic heterocycles. The summed E-state index contributed by atoms with van der Waals surface area (Å²) < 4.78 is 18.8. The number of hydrogen-bond donors (Lipinski definition) is 1. The maximum Gasteiger partial charge on any atom is 0.295 e. The highest BCUT2D eigenvalue weighted by atomic mass is 16.5. The van der Waals surface area contributed by atoms with Crippen molar-refractivity contribution in [3.8, 4) is 11.5 Å². The number of likely N-dealkylation sites (tertiary alicyclic amines) is 1. The molecule has 1 atom stereocenters. The Morgan fingerprint density at radius 3 is 2.55 bits per heavy atom. The zero-order valence-electron chi connectivity index (χ0n) is 23.3. The number of aliphatic hydroxyl groups is 1. The lowest BCUT2D eigenvalue weighted by atomic mass is 9.95. The predicted molar refractivity (Wildman–Crippen MR) is 150 cm³/mol. The van der Waals surface area contributed by atoms with Gasteiger partial charge in [0.2, 0.25) is 0 Å². The van der Waals surface area contributed by atoms with Crippen LogP contribution in [0.15, 0.2) is 48.2 Å². The van der Waals surface area contributed by atoms with Gasteiger partial charge in [-0.1, -0.05) is 12.1 Å². The van der Waals surface area contributed by atoms with Crippen molar-refractivity contribution >= 4 is 23.1 Å². The number of imidazole rings is 1. The molecule has 3 aromatic rings. The molecule has 1 unspecified atom stereocenters. The monoisotopic (exact) mass is 548 g/mol. The molecule has 0 spiro atoms. The molecule has 1 amide bonds. The summed E-state index contributed by atoms with van der Waals surface area (Å²) in [6, 6.07) is 10.1. The van der Waals surface area contributed by atoms with Crippen LogP contribution in [0.1, 0.15) is 43.3 Å². The second-order valence-corrected chi connectivity index (χ2v) is 9.85. The van der Waals surface area contributed by atoms with Crippen molar-refractivity contribution in [1.82, 2.24) is 19.2 Å². The fraction of sp³-hybridized carbons (Fsp3) is 0.433. The molecule has 2 aliphatic rings. The van der Waals surface area contributed by atoms with E-state index in [-0.39, 0.29) is 11.3 Å². The predicted octanol–water partition coefficient (Wildman–Crippen LogP) is 3.58. The Balaban J connectivity index is 1.59. The Labute approximate surface area is 233 Å². The average Bonchev–Trinajstić information content (AvgIpc) is 3.43. The summed E-state index contributed by atoms with van der Waals surface area (Å²) in [6.07, 6.45) is 2.45. The standard InChI is InChI=1S/C30H36N4O6/c1-4-39-22-11-10-21(19-23(22)40-5-2)27-25(28(35)26-20(3)31-24-9-6-7-13-33(24)26)29(36)30(37)34(27)14-8-12-32-15-17-38-18-16-32/h6-7,9-11,13,19,27,35H,4-5,8,12,14-18H2,1-3H3. The average molecular weight is 549 g/mol. The van der Waals surface area contributed by atoms with Crippen LogP contribution in [0.25, 0.3) is 11.4 Å². The lowest BCUT2D eigenvalue weighted by Crippen LogP contribution is -2.39. The topological polar surface area (TPSA) is 106 Å². The Morgan fingerprint density at radius 1 is 1.05 bits per heavy atom. The maximum atomic E-state index is 13.6. The lowest BCUT2D eigenvalue weighted by Gasteiger charge is -2.29. The largest absolute Gasteiger partial charge is 0.505 e. The van der Waals surface area contributed by atoms with Crippen LogP contribution < -0.4 is 9.47 Å². The van der Waals surface area contributed by atoms with Gasteiger partial charge < -0.3 is 24.2 Å². The van der Waals surface area contributed by atoms with Gasteiger partial charge in [-0.2, -0.15) is 0 Å². The molecule has 0 saturated carbocycles. The summed E-state index contributed by atoms with van der Waals surface area (Å²) in [5.74, 6) is -0.498. The number of fused-ring (bicyclic) bond motifs is 1. The quantitative estimate of drug-likeness (QED) is 0.233. The zero-order valence-corrected chi connectivity index (χ0v) is 23.3. The molecule has 0 aliphatic carbocycles. The number of aryl methyl sites for hydroxylation is 1. The Morgan fingerprint density at radius 2 is 1.80 bits per heavy atom. The van der Waals surface area contributed by atoms with E-state index < -0.39 is 17.7 Å². The van der Waals surface area contributed by atoms with Crippen LogP contribution in [0.3, 0.4) is 0 Å². The summed E-state index contributed by atoms with van der Waals surface area (Å²) >= 11 is 0. The third kappa shape index (κ3) is 5.29. The lowest BCUT2D eigenvalue weighted by molar-refractivity contribution is -0.140. The molecule has 1 N–H and O–H groups in total. The number of benzene rings is 1. The number of carbonyl (C=O) groups excluding carboxylic acids is 2. The third-order valence-corrected chi connectivity index (χ3v) is 7.33. The van der Waals surface area contributed by atoms with Crippen molar-refractivity contribution in [2.24, 2.45) is 0 Å². The van der Waals surface area contributed by atoms with Crippen LogP contribution in [0.4, 0.5) is 0 Å². The van der Waals surface area contributed by atoms with Crippen LogP contribution in [-0.2, 0) is 14.3 Å². The Hall–Kier alpha value is -3.89. The minimum atomic E-state index is -0.798. The second-order valence-electron chi connectivity index (χ2n) is 9.85. The van der Waals surface area contributed by atoms with Crippen LogP contribution in [0.2, 0.25) is 0 Å². The van der Waals surface area contributed by atoms with Crippen LogP contribution in [-0.4, -0.2) is 88.6 Å². The molecule has 5 rings (SSSR count). The van der Waals surface area contributed by atoms with Gasteiger partial charge >= 0.3 is 0 Å². The van der Waals surface area contributed by atoms with Crippen LogP contribution in [0, 0.1) is 6.92 Å². The molecule has 0 bridgehead atoms. The van der Waals surface area contributed by atoms with Gasteiger partial charge in [0.15, 0.2) is 17.3 Å². The first-order valence-electron chi connectivity index (χ1n) is 13.9. The first kappa shape index (κ1) is 27.7. The molecule has 0 radical (unpaired) electrons. The number of morpholine rings is 1. The van der Waals surface area contributed by atoms with E-state index in [1.54, 1.807) is 34.6 Å². The summed E-state index contributed by atoms with van der Waals surface area (Å²) in [5, 5.41) is 11.7. The Bertz CT molecular complexity index is 1420. The number of aliphatic hydroxyl groups excluding tert-OH is 1. The van der Waals surface area contributed by atoms with Gasteiger partial charge in [0.05, 0.1) is 43.7 Å². The van der Waals surface area contributed by atoms with E-state index in [2.05, 4.69) is 9.88 Å². The first-order valence-corrected chi connectivity index (χ1v) is 13.9. The van der Waals surface area contributed by atoms with Gasteiger partial charge in [-0.05, 0) is 57.0 Å². The fourth-order valence-corrected chi connectivity index (χ4v) is 5.51. The van der Waals surface area contributed by atoms with Crippen molar-refractivity contribution in [3.63, 3.8) is 0 Å². The van der Waals surface area contributed by atoms with E-state index in [0.717, 1.165) is 19.6 Å². The molecule has 10 nitrogen and oxygen atoms in total. The molecule has 212 valence electrons. The van der Waals surface area contributed by atoms with E-state index in [0.29, 0.717) is 73.5 Å². The molecule has 2 aliphatic heterocycles. The van der Waals surface area contributed by atoms with Gasteiger partial charge in [0.1, 0.15) is 11.3 Å². The number of aromatic nitrogens is 2. The van der Waals surface area contributed by atoms with Gasteiger partial charge in [-0.15, -0.1) is 0 Å². The number of pyridine rings is 1. The summed E-state index contributed by atoms with van der Waals surface area (Å²) in [4.78, 5) is 35.5. The SMILES string of the molecule is CCOc1ccc(C2C(=C(O)c3c(C)nc4ccccn34)C(=O)C(=O)N2CCCN2CCOCC2)cc1OCC. The molecular weight excluding hydrogens is 512 g/mol. The van der Waals surface area contributed by atoms with Crippen molar-refractivity contribution < 1.29 is 28.9 Å². The second kappa shape index (κ2) is 12.1. The van der Waals surface area contributed by atoms with Gasteiger partial charge in [-0.25, -0.2) is 4.98 Å². The van der Waals surface area contributed by atoms with Crippen molar-refractivity contribution in [1.29, 1.82) is 0 Å². The van der Waals surface area contributed by atoms with Crippen LogP contribution in [0.5, 0.6) is 11.5 Å². The number of nitrogens with zero attached hydrogens (tertiary/aromatic N) is 4. The van der Waals surface area contributed by atoms with Crippen molar-refractivity contribution in [2.45, 2.75) is 33.2 Å². The van der Waals surface area contributed by atoms with E-state index in [1.807, 2.05) is 38.1 Å². The summed E-state index contributed by atoms with van der Waals surface area (Å²) in [6.45, 7) is 10.6. The smallest absolute Gasteiger partial charge is 0.295 e. The molecule has 4 heterocycles. The molecule has 2 saturated heterocycles. The first-order chi connectivity index (χ1) is 19.4. The van der Waals surface area contributed by atoms with E-state index >= 15 is 0 Å². The van der Waals surface area contributed by atoms with Crippen molar-refractivity contribution in [3.05, 3.63) is 65.1 Å². The van der Waals surface area contributed by atoms with E-state index in [4.69, 9.17) is 14.2 Å². The van der Waals surface area contributed by atoms with Crippen LogP contribution >= 0.6 is 0 Å². The van der Waals surface area contributed by atoms with Gasteiger partial charge in [0, 0.05) is 32.4 Å². The minimum Gasteiger partial charge on any atom is -0.505 e. The number of carbonyl (C=O) groups is 2. The third-order valence-electron chi connectivity index (χ3n) is 7.33. The Kier molecular flexibility index (Phi) is 8.37. The molecule has 40 heavy (non-hydrogen) atoms. The number of rotatable bonds is 10. The number of hydrogen-bond acceptors (Lipinski definition) is 8. The summed E-state index contributed by atoms with van der Waals surface area (Å²) in [7, 11) is 0. The number of amides is 1. The van der Waals surface area contributed by atoms with E-state index in [9.17, 15) is 14.7 Å². The molecule has 2 fully saturated rings. The van der Waals surface area contributed by atoms with E-state index in [1.165, 1.54) is 0 Å². The highest BCUT2D eigenvalue weighted by Crippen LogP contribution is 2.42. The van der Waals surface area contributed by atoms with Gasteiger partial charge in [0.25, 0.3) is 11.7 Å². The van der Waals surface area contributed by atoms with Crippen molar-refractivity contribution in [2.75, 3.05) is 52.6 Å². The number of Topliss-reactive ketones (excluding diaryl/α,β-unsaturated/α-hetero) is 1. The number of ketones is 1. The number of ether oxygens (including phenoxy) is 3. The zero-order chi connectivity index (χ0) is 28.2. The summed E-state index contributed by atoms with van der Waals surface area (Å²) in [5.41, 5.74) is 2.28. The fourth-order valence-electron chi connectivity index (χ4n) is 5.51. The maximum absolute atomic E-state index is 13.6. The highest BCUT2D eigenvalue weighted by molar-refractivity contribution is 6.46. The highest BCUT2D eigenvalue weighted by Gasteiger charge is 2.46. The minimum absolute atomic E-state index is 0.0386. The molecule has 1 aromatic carbocycles. The normalized spacial score (nSPS) is 19.5. The molecule has 10 heteroatoms. The molecular formula is C30H36N4O6.